The van der Waals surface area contributed by atoms with Gasteiger partial charge in [-0.2, -0.15) is 0 Å². The van der Waals surface area contributed by atoms with Crippen molar-refractivity contribution in [2.24, 2.45) is 0 Å². The number of halogens is 1. The molecule has 19 heavy (non-hydrogen) atoms. The molecule has 0 bridgehead atoms. The van der Waals surface area contributed by atoms with Crippen molar-refractivity contribution in [3.05, 3.63) is 35.0 Å². The number of aromatic amines is 1. The molecular formula is C15H19ClN2O. The lowest BCUT2D eigenvalue weighted by Crippen LogP contribution is -2.25. The van der Waals surface area contributed by atoms with Gasteiger partial charge in [-0.05, 0) is 30.5 Å². The fourth-order valence-corrected chi connectivity index (χ4v) is 2.30. The van der Waals surface area contributed by atoms with Crippen LogP contribution >= 0.6 is 11.6 Å². The normalized spacial score (nSPS) is 10.8. The number of benzene rings is 1. The number of nitrogens with one attached hydrogen (secondary N) is 2. The number of carbonyl (C=O) groups excluding carboxylic acids is 1. The van der Waals surface area contributed by atoms with Crippen LogP contribution in [0.3, 0.4) is 0 Å². The Kier molecular flexibility index (Phi) is 4.86. The van der Waals surface area contributed by atoms with Gasteiger partial charge in [-0.1, -0.05) is 31.0 Å². The molecule has 2 N–H and O–H groups in total. The van der Waals surface area contributed by atoms with Crippen LogP contribution in [-0.2, 0) is 11.2 Å². The molecule has 4 heteroatoms. The van der Waals surface area contributed by atoms with Gasteiger partial charge >= 0.3 is 0 Å². The minimum atomic E-state index is 0.143. The Bertz CT molecular complexity index is 562. The molecule has 0 radical (unpaired) electrons. The molecule has 0 aliphatic rings. The molecule has 0 unspecified atom stereocenters. The van der Waals surface area contributed by atoms with Crippen molar-refractivity contribution in [3.8, 4) is 0 Å². The first-order valence-corrected chi connectivity index (χ1v) is 7.10. The number of rotatable bonds is 6. The van der Waals surface area contributed by atoms with Gasteiger partial charge in [0, 0.05) is 35.1 Å². The van der Waals surface area contributed by atoms with E-state index in [-0.39, 0.29) is 5.91 Å². The van der Waals surface area contributed by atoms with E-state index in [2.05, 4.69) is 17.2 Å². The quantitative estimate of drug-likeness (QED) is 0.832. The van der Waals surface area contributed by atoms with Crippen molar-refractivity contribution in [2.45, 2.75) is 32.6 Å². The van der Waals surface area contributed by atoms with Crippen LogP contribution in [0, 0.1) is 0 Å². The lowest BCUT2D eigenvalue weighted by atomic mass is 10.1. The van der Waals surface area contributed by atoms with E-state index in [1.54, 1.807) is 0 Å². The number of hydrogen-bond acceptors (Lipinski definition) is 1. The smallest absolute Gasteiger partial charge is 0.220 e. The van der Waals surface area contributed by atoms with Gasteiger partial charge in [-0.25, -0.2) is 0 Å². The Morgan fingerprint density at radius 3 is 3.05 bits per heavy atom. The molecule has 0 fully saturated rings. The second-order valence-electron chi connectivity index (χ2n) is 4.71. The third-order valence-electron chi connectivity index (χ3n) is 3.20. The van der Waals surface area contributed by atoms with Gasteiger partial charge in [0.1, 0.15) is 0 Å². The summed E-state index contributed by atoms with van der Waals surface area (Å²) in [5.74, 6) is 0.143. The van der Waals surface area contributed by atoms with Gasteiger partial charge < -0.3 is 10.3 Å². The van der Waals surface area contributed by atoms with Crippen molar-refractivity contribution < 1.29 is 4.79 Å². The molecule has 0 spiro atoms. The molecule has 0 aliphatic heterocycles. The second-order valence-corrected chi connectivity index (χ2v) is 5.14. The predicted octanol–water partition coefficient (Wildman–Crippen LogP) is 3.67. The molecule has 1 aromatic carbocycles. The van der Waals surface area contributed by atoms with Crippen LogP contribution in [-0.4, -0.2) is 17.4 Å². The van der Waals surface area contributed by atoms with Crippen LogP contribution in [0.4, 0.5) is 0 Å². The Labute approximate surface area is 118 Å². The highest BCUT2D eigenvalue weighted by Crippen LogP contribution is 2.22. The van der Waals surface area contributed by atoms with E-state index in [0.29, 0.717) is 13.0 Å². The van der Waals surface area contributed by atoms with E-state index < -0.39 is 0 Å². The third kappa shape index (κ3) is 3.74. The lowest BCUT2D eigenvalue weighted by Gasteiger charge is -2.04. The van der Waals surface area contributed by atoms with E-state index in [1.165, 1.54) is 10.9 Å². The van der Waals surface area contributed by atoms with E-state index in [4.69, 9.17) is 11.6 Å². The number of unbranched alkanes of at least 4 members (excludes halogenated alkanes) is 1. The van der Waals surface area contributed by atoms with Crippen LogP contribution in [0.2, 0.25) is 5.02 Å². The maximum Gasteiger partial charge on any atom is 0.220 e. The van der Waals surface area contributed by atoms with Crippen molar-refractivity contribution in [2.75, 3.05) is 6.54 Å². The zero-order chi connectivity index (χ0) is 13.7. The van der Waals surface area contributed by atoms with E-state index >= 15 is 0 Å². The first-order valence-electron chi connectivity index (χ1n) is 6.73. The monoisotopic (exact) mass is 278 g/mol. The van der Waals surface area contributed by atoms with Crippen LogP contribution < -0.4 is 5.32 Å². The zero-order valence-corrected chi connectivity index (χ0v) is 11.9. The van der Waals surface area contributed by atoms with Crippen molar-refractivity contribution in [3.63, 3.8) is 0 Å². The van der Waals surface area contributed by atoms with Crippen molar-refractivity contribution in [1.29, 1.82) is 0 Å². The highest BCUT2D eigenvalue weighted by atomic mass is 35.5. The summed E-state index contributed by atoms with van der Waals surface area (Å²) in [5, 5.41) is 4.86. The number of carbonyl (C=O) groups is 1. The molecule has 1 heterocycles. The predicted molar refractivity (Wildman–Crippen MR) is 79.5 cm³/mol. The topological polar surface area (TPSA) is 44.9 Å². The molecule has 1 aromatic heterocycles. The highest BCUT2D eigenvalue weighted by molar-refractivity contribution is 6.31. The maximum atomic E-state index is 11.5. The third-order valence-corrected chi connectivity index (χ3v) is 3.44. The minimum Gasteiger partial charge on any atom is -0.361 e. The summed E-state index contributed by atoms with van der Waals surface area (Å²) in [6.45, 7) is 2.77. The molecule has 0 saturated carbocycles. The Morgan fingerprint density at radius 1 is 1.42 bits per heavy atom. The van der Waals surface area contributed by atoms with Crippen molar-refractivity contribution in [1.82, 2.24) is 10.3 Å². The average Bonchev–Trinajstić information content (AvgIpc) is 2.79. The molecule has 102 valence electrons. The Hall–Kier alpha value is -1.48. The maximum absolute atomic E-state index is 11.5. The average molecular weight is 279 g/mol. The number of fused-ring (bicyclic) bond motifs is 1. The van der Waals surface area contributed by atoms with E-state index in [0.717, 1.165) is 29.8 Å². The zero-order valence-electron chi connectivity index (χ0n) is 11.1. The summed E-state index contributed by atoms with van der Waals surface area (Å²) in [6, 6.07) is 5.82. The van der Waals surface area contributed by atoms with Crippen LogP contribution in [0.15, 0.2) is 24.4 Å². The van der Waals surface area contributed by atoms with Crippen LogP contribution in [0.5, 0.6) is 0 Å². The summed E-state index contributed by atoms with van der Waals surface area (Å²) in [5.41, 5.74) is 2.25. The fraction of sp³-hybridized carbons (Fsp3) is 0.400. The summed E-state index contributed by atoms with van der Waals surface area (Å²) in [4.78, 5) is 14.7. The summed E-state index contributed by atoms with van der Waals surface area (Å²) < 4.78 is 0. The largest absolute Gasteiger partial charge is 0.361 e. The summed E-state index contributed by atoms with van der Waals surface area (Å²) in [7, 11) is 0. The highest BCUT2D eigenvalue weighted by Gasteiger charge is 2.05. The van der Waals surface area contributed by atoms with Gasteiger partial charge in [-0.15, -0.1) is 0 Å². The molecule has 2 rings (SSSR count). The minimum absolute atomic E-state index is 0.143. The van der Waals surface area contributed by atoms with Gasteiger partial charge in [0.25, 0.3) is 0 Å². The summed E-state index contributed by atoms with van der Waals surface area (Å²) in [6.07, 6.45) is 5.45. The number of H-pyrrole nitrogens is 1. The SMILES string of the molecule is CCCCC(=O)NCCc1c[nH]c2cc(Cl)ccc12. The number of amides is 1. The molecule has 0 aliphatic carbocycles. The van der Waals surface area contributed by atoms with Crippen molar-refractivity contribution >= 4 is 28.4 Å². The number of aromatic nitrogens is 1. The molecular weight excluding hydrogens is 260 g/mol. The Morgan fingerprint density at radius 2 is 2.26 bits per heavy atom. The van der Waals surface area contributed by atoms with E-state index in [1.807, 2.05) is 24.4 Å². The van der Waals surface area contributed by atoms with Gasteiger partial charge in [0.05, 0.1) is 0 Å². The molecule has 3 nitrogen and oxygen atoms in total. The molecule has 2 aromatic rings. The summed E-state index contributed by atoms with van der Waals surface area (Å²) >= 11 is 5.95. The number of hydrogen-bond donors (Lipinski definition) is 2. The second kappa shape index (κ2) is 6.62. The molecule has 1 amide bonds. The standard InChI is InChI=1S/C15H19ClN2O/c1-2-3-4-15(19)17-8-7-11-10-18-14-9-12(16)5-6-13(11)14/h5-6,9-10,18H,2-4,7-8H2,1H3,(H,17,19). The first-order chi connectivity index (χ1) is 9.20. The van der Waals surface area contributed by atoms with Crippen LogP contribution in [0.1, 0.15) is 31.7 Å². The molecule has 0 atom stereocenters. The molecule has 0 saturated heterocycles. The van der Waals surface area contributed by atoms with Gasteiger partial charge in [0.15, 0.2) is 0 Å². The lowest BCUT2D eigenvalue weighted by molar-refractivity contribution is -0.121. The first kappa shape index (κ1) is 13.9. The van der Waals surface area contributed by atoms with Gasteiger partial charge in [-0.3, -0.25) is 4.79 Å². The van der Waals surface area contributed by atoms with Crippen LogP contribution in [0.25, 0.3) is 10.9 Å². The van der Waals surface area contributed by atoms with E-state index in [9.17, 15) is 4.79 Å². The fourth-order valence-electron chi connectivity index (χ4n) is 2.13. The Balaban J connectivity index is 1.90. The van der Waals surface area contributed by atoms with Gasteiger partial charge in [0.2, 0.25) is 5.91 Å².